The van der Waals surface area contributed by atoms with Crippen LogP contribution in [0.4, 0.5) is 10.1 Å². The fourth-order valence-electron chi connectivity index (χ4n) is 1.16. The molecule has 3 heteroatoms. The molecule has 1 atom stereocenters. The third-order valence-electron chi connectivity index (χ3n) is 2.29. The van der Waals surface area contributed by atoms with Gasteiger partial charge in [-0.1, -0.05) is 19.9 Å². The lowest BCUT2D eigenvalue weighted by Crippen LogP contribution is -2.23. The third-order valence-corrected chi connectivity index (χ3v) is 2.29. The molecule has 3 N–H and O–H groups in total. The van der Waals surface area contributed by atoms with E-state index in [1.54, 1.807) is 0 Å². The summed E-state index contributed by atoms with van der Waals surface area (Å²) in [4.78, 5) is 0. The van der Waals surface area contributed by atoms with E-state index in [2.05, 4.69) is 12.2 Å². The van der Waals surface area contributed by atoms with Gasteiger partial charge < -0.3 is 11.1 Å². The Kier molecular flexibility index (Phi) is 7.56. The number of hydrogen-bond acceptors (Lipinski definition) is 2. The van der Waals surface area contributed by atoms with Gasteiger partial charge in [-0.05, 0) is 37.1 Å². The molecule has 1 aromatic rings. The lowest BCUT2D eigenvalue weighted by Gasteiger charge is -2.10. The van der Waals surface area contributed by atoms with Gasteiger partial charge in [0.1, 0.15) is 6.17 Å². The van der Waals surface area contributed by atoms with Crippen molar-refractivity contribution in [3.05, 3.63) is 29.3 Å². The minimum absolute atomic E-state index is 0.0673. The standard InChI is InChI=1S/C11H17FN2.C2H6/c1-8-3-4-11(5-9(8)2)14-7-10(12)6-13;1-2/h3-5,10,14H,6-7,13H2,1-2H3;1-2H3. The second kappa shape index (κ2) is 8.11. The van der Waals surface area contributed by atoms with Crippen molar-refractivity contribution in [1.29, 1.82) is 0 Å². The zero-order valence-corrected chi connectivity index (χ0v) is 10.7. The minimum atomic E-state index is -0.975. The summed E-state index contributed by atoms with van der Waals surface area (Å²) in [6, 6.07) is 5.98. The first-order chi connectivity index (χ1) is 7.63. The van der Waals surface area contributed by atoms with Crippen LogP contribution >= 0.6 is 0 Å². The van der Waals surface area contributed by atoms with E-state index in [1.807, 2.05) is 39.0 Å². The minimum Gasteiger partial charge on any atom is -0.382 e. The second-order valence-corrected chi connectivity index (χ2v) is 3.51. The highest BCUT2D eigenvalue weighted by Crippen LogP contribution is 2.13. The van der Waals surface area contributed by atoms with Gasteiger partial charge in [0.2, 0.25) is 0 Å². The fourth-order valence-corrected chi connectivity index (χ4v) is 1.16. The summed E-state index contributed by atoms with van der Waals surface area (Å²) in [7, 11) is 0. The largest absolute Gasteiger partial charge is 0.382 e. The molecule has 92 valence electrons. The summed E-state index contributed by atoms with van der Waals surface area (Å²) >= 11 is 0. The summed E-state index contributed by atoms with van der Waals surface area (Å²) in [6.07, 6.45) is -0.975. The molecular formula is C13H23FN2. The number of rotatable bonds is 4. The van der Waals surface area contributed by atoms with Crippen LogP contribution in [0.5, 0.6) is 0 Å². The highest BCUT2D eigenvalue weighted by atomic mass is 19.1. The van der Waals surface area contributed by atoms with Gasteiger partial charge in [-0.2, -0.15) is 0 Å². The van der Waals surface area contributed by atoms with Crippen molar-refractivity contribution in [2.24, 2.45) is 5.73 Å². The topological polar surface area (TPSA) is 38.0 Å². The molecule has 1 aromatic carbocycles. The first-order valence-corrected chi connectivity index (χ1v) is 5.78. The predicted molar refractivity (Wildman–Crippen MR) is 69.7 cm³/mol. The maximum atomic E-state index is 12.8. The zero-order chi connectivity index (χ0) is 12.6. The Morgan fingerprint density at radius 3 is 2.38 bits per heavy atom. The molecule has 16 heavy (non-hydrogen) atoms. The Hall–Kier alpha value is -1.09. The van der Waals surface area contributed by atoms with E-state index in [1.165, 1.54) is 11.1 Å². The summed E-state index contributed by atoms with van der Waals surface area (Å²) in [5.74, 6) is 0. The van der Waals surface area contributed by atoms with Gasteiger partial charge in [0.05, 0.1) is 0 Å². The highest BCUT2D eigenvalue weighted by molar-refractivity contribution is 5.48. The Bertz CT molecular complexity index is 300. The third kappa shape index (κ3) is 5.12. The van der Waals surface area contributed by atoms with E-state index in [0.717, 1.165) is 5.69 Å². The van der Waals surface area contributed by atoms with Crippen LogP contribution < -0.4 is 11.1 Å². The van der Waals surface area contributed by atoms with Crippen LogP contribution in [0.2, 0.25) is 0 Å². The molecule has 0 saturated carbocycles. The van der Waals surface area contributed by atoms with Crippen molar-refractivity contribution in [2.45, 2.75) is 33.9 Å². The van der Waals surface area contributed by atoms with E-state index >= 15 is 0 Å². The lowest BCUT2D eigenvalue weighted by atomic mass is 10.1. The zero-order valence-electron chi connectivity index (χ0n) is 10.7. The SMILES string of the molecule is CC.Cc1ccc(NCC(F)CN)cc1C. The van der Waals surface area contributed by atoms with E-state index < -0.39 is 6.17 Å². The number of nitrogens with one attached hydrogen (secondary N) is 1. The van der Waals surface area contributed by atoms with Crippen molar-refractivity contribution in [2.75, 3.05) is 18.4 Å². The normalized spacial score (nSPS) is 11.4. The van der Waals surface area contributed by atoms with Crippen LogP contribution in [-0.2, 0) is 0 Å². The molecule has 2 nitrogen and oxygen atoms in total. The first kappa shape index (κ1) is 14.9. The van der Waals surface area contributed by atoms with Gasteiger partial charge in [-0.15, -0.1) is 0 Å². The molecule has 0 aliphatic rings. The number of nitrogens with two attached hydrogens (primary N) is 1. The first-order valence-electron chi connectivity index (χ1n) is 5.78. The summed E-state index contributed by atoms with van der Waals surface area (Å²) in [5.41, 5.74) is 8.57. The number of alkyl halides is 1. The molecule has 1 rings (SSSR count). The van der Waals surface area contributed by atoms with Crippen molar-refractivity contribution in [1.82, 2.24) is 0 Å². The maximum absolute atomic E-state index is 12.8. The molecule has 0 heterocycles. The molecular weight excluding hydrogens is 203 g/mol. The van der Waals surface area contributed by atoms with E-state index in [4.69, 9.17) is 5.73 Å². The van der Waals surface area contributed by atoms with Gasteiger partial charge in [0, 0.05) is 18.8 Å². The number of halogens is 1. The average molecular weight is 226 g/mol. The van der Waals surface area contributed by atoms with Gasteiger partial charge >= 0.3 is 0 Å². The number of benzene rings is 1. The second-order valence-electron chi connectivity index (χ2n) is 3.51. The van der Waals surface area contributed by atoms with E-state index in [0.29, 0.717) is 0 Å². The molecule has 0 fully saturated rings. The number of anilines is 1. The van der Waals surface area contributed by atoms with Crippen LogP contribution in [0.3, 0.4) is 0 Å². The number of aryl methyl sites for hydroxylation is 2. The molecule has 0 saturated heterocycles. The lowest BCUT2D eigenvalue weighted by molar-refractivity contribution is 0.358. The average Bonchev–Trinajstić information content (AvgIpc) is 2.33. The van der Waals surface area contributed by atoms with Crippen molar-refractivity contribution in [3.63, 3.8) is 0 Å². The molecule has 0 radical (unpaired) electrons. The van der Waals surface area contributed by atoms with Gasteiger partial charge in [-0.25, -0.2) is 4.39 Å². The van der Waals surface area contributed by atoms with E-state index in [9.17, 15) is 4.39 Å². The number of hydrogen-bond donors (Lipinski definition) is 2. The van der Waals surface area contributed by atoms with Gasteiger partial charge in [0.25, 0.3) is 0 Å². The van der Waals surface area contributed by atoms with Gasteiger partial charge in [0.15, 0.2) is 0 Å². The summed E-state index contributed by atoms with van der Waals surface area (Å²) < 4.78 is 12.8. The highest BCUT2D eigenvalue weighted by Gasteiger charge is 2.02. The Labute approximate surface area is 98.0 Å². The van der Waals surface area contributed by atoms with Crippen molar-refractivity contribution < 1.29 is 4.39 Å². The Balaban J connectivity index is 0.00000106. The fraction of sp³-hybridized carbons (Fsp3) is 0.538. The van der Waals surface area contributed by atoms with Crippen LogP contribution in [0, 0.1) is 13.8 Å². The monoisotopic (exact) mass is 226 g/mol. The molecule has 0 spiro atoms. The Morgan fingerprint density at radius 2 is 1.88 bits per heavy atom. The van der Waals surface area contributed by atoms with Crippen LogP contribution in [0.15, 0.2) is 18.2 Å². The summed E-state index contributed by atoms with van der Waals surface area (Å²) in [6.45, 7) is 8.43. The van der Waals surface area contributed by atoms with Crippen molar-refractivity contribution in [3.8, 4) is 0 Å². The Morgan fingerprint density at radius 1 is 1.25 bits per heavy atom. The molecule has 0 aromatic heterocycles. The van der Waals surface area contributed by atoms with Gasteiger partial charge in [-0.3, -0.25) is 0 Å². The quantitative estimate of drug-likeness (QED) is 0.828. The maximum Gasteiger partial charge on any atom is 0.129 e. The summed E-state index contributed by atoms with van der Waals surface area (Å²) in [5, 5.41) is 3.01. The smallest absolute Gasteiger partial charge is 0.129 e. The van der Waals surface area contributed by atoms with Crippen LogP contribution in [-0.4, -0.2) is 19.3 Å². The molecule has 0 aliphatic heterocycles. The van der Waals surface area contributed by atoms with Crippen LogP contribution in [0.25, 0.3) is 0 Å². The molecule has 0 aliphatic carbocycles. The van der Waals surface area contributed by atoms with E-state index in [-0.39, 0.29) is 13.1 Å². The predicted octanol–water partition coefficient (Wildman–Crippen LogP) is 3.04. The van der Waals surface area contributed by atoms with Crippen molar-refractivity contribution >= 4 is 5.69 Å². The molecule has 0 bridgehead atoms. The van der Waals surface area contributed by atoms with Crippen LogP contribution in [0.1, 0.15) is 25.0 Å². The molecule has 1 unspecified atom stereocenters. The molecule has 0 amide bonds.